The van der Waals surface area contributed by atoms with Crippen molar-refractivity contribution in [2.24, 2.45) is 0 Å². The van der Waals surface area contributed by atoms with E-state index in [1.54, 1.807) is 0 Å². The second-order valence-corrected chi connectivity index (χ2v) is 3.43. The van der Waals surface area contributed by atoms with E-state index in [1.165, 1.54) is 0 Å². The maximum absolute atomic E-state index is 5.96. The lowest BCUT2D eigenvalue weighted by Gasteiger charge is -2.05. The fraction of sp³-hybridized carbons (Fsp3) is 0.400. The molecule has 0 aromatic heterocycles. The molecule has 1 aromatic carbocycles. The summed E-state index contributed by atoms with van der Waals surface area (Å²) in [5, 5.41) is 1.29. The van der Waals surface area contributed by atoms with Crippen LogP contribution in [0.3, 0.4) is 0 Å². The van der Waals surface area contributed by atoms with E-state index in [2.05, 4.69) is 13.0 Å². The van der Waals surface area contributed by atoms with Crippen LogP contribution in [0.1, 0.15) is 25.0 Å². The van der Waals surface area contributed by atoms with Crippen molar-refractivity contribution in [2.75, 3.05) is 0 Å². The third-order valence-electron chi connectivity index (χ3n) is 1.82. The Morgan fingerprint density at radius 3 is 2.42 bits per heavy atom. The van der Waals surface area contributed by atoms with E-state index in [0.717, 1.165) is 24.0 Å². The van der Waals surface area contributed by atoms with Crippen LogP contribution in [0, 0.1) is 6.07 Å². The van der Waals surface area contributed by atoms with Gasteiger partial charge in [-0.25, -0.2) is 0 Å². The molecule has 0 bridgehead atoms. The lowest BCUT2D eigenvalue weighted by molar-refractivity contribution is 1.08. The number of aryl methyl sites for hydroxylation is 2. The van der Waals surface area contributed by atoms with E-state index in [1.807, 2.05) is 13.0 Å². The molecular weight excluding hydrogens is 191 g/mol. The molecule has 0 spiro atoms. The van der Waals surface area contributed by atoms with Crippen molar-refractivity contribution < 1.29 is 0 Å². The van der Waals surface area contributed by atoms with Gasteiger partial charge in [0.25, 0.3) is 0 Å². The highest BCUT2D eigenvalue weighted by Gasteiger charge is 2.05. The van der Waals surface area contributed by atoms with Gasteiger partial charge < -0.3 is 0 Å². The van der Waals surface area contributed by atoms with Gasteiger partial charge in [-0.1, -0.05) is 37.0 Å². The Morgan fingerprint density at radius 1 is 1.25 bits per heavy atom. The van der Waals surface area contributed by atoms with Gasteiger partial charge in [-0.2, -0.15) is 0 Å². The monoisotopic (exact) mass is 201 g/mol. The van der Waals surface area contributed by atoms with Crippen LogP contribution >= 0.6 is 23.2 Å². The molecule has 0 atom stereocenters. The Kier molecular flexibility index (Phi) is 3.42. The molecule has 1 radical (unpaired) electrons. The van der Waals surface area contributed by atoms with Gasteiger partial charge >= 0.3 is 0 Å². The summed E-state index contributed by atoms with van der Waals surface area (Å²) in [4.78, 5) is 0. The smallest absolute Gasteiger partial charge is 0.0630 e. The number of hydrogen-bond acceptors (Lipinski definition) is 0. The first-order chi connectivity index (χ1) is 5.69. The van der Waals surface area contributed by atoms with Crippen molar-refractivity contribution in [1.82, 2.24) is 0 Å². The van der Waals surface area contributed by atoms with Crippen molar-refractivity contribution in [3.8, 4) is 0 Å². The van der Waals surface area contributed by atoms with Gasteiger partial charge in [0.2, 0.25) is 0 Å². The minimum absolute atomic E-state index is 0.643. The molecular formula is C10H11Cl2. The fourth-order valence-corrected chi connectivity index (χ4v) is 1.56. The number of rotatable bonds is 2. The maximum atomic E-state index is 5.96. The Balaban J connectivity index is 3.19. The molecule has 12 heavy (non-hydrogen) atoms. The molecule has 0 heterocycles. The molecule has 0 fully saturated rings. The Bertz CT molecular complexity index is 279. The first-order valence-electron chi connectivity index (χ1n) is 4.08. The largest absolute Gasteiger partial charge is 0.0827 e. The molecule has 65 valence electrons. The molecule has 0 aliphatic heterocycles. The van der Waals surface area contributed by atoms with Gasteiger partial charge in [0.05, 0.1) is 10.0 Å². The second-order valence-electron chi connectivity index (χ2n) is 2.64. The SMILES string of the molecule is CCc1[c]c(CC)c(Cl)c(Cl)c1. The average Bonchev–Trinajstić information content (AvgIpc) is 2.09. The van der Waals surface area contributed by atoms with Crippen molar-refractivity contribution in [3.05, 3.63) is 33.3 Å². The summed E-state index contributed by atoms with van der Waals surface area (Å²) >= 11 is 11.9. The molecule has 1 rings (SSSR count). The van der Waals surface area contributed by atoms with Gasteiger partial charge in [0, 0.05) is 0 Å². The average molecular weight is 202 g/mol. The van der Waals surface area contributed by atoms with Gasteiger partial charge in [-0.3, -0.25) is 0 Å². The molecule has 1 aromatic rings. The topological polar surface area (TPSA) is 0 Å². The van der Waals surface area contributed by atoms with E-state index in [9.17, 15) is 0 Å². The summed E-state index contributed by atoms with van der Waals surface area (Å²) in [5.41, 5.74) is 2.14. The number of hydrogen-bond donors (Lipinski definition) is 0. The molecule has 0 saturated carbocycles. The van der Waals surface area contributed by atoms with Gasteiger partial charge in [0.15, 0.2) is 0 Å². The quantitative estimate of drug-likeness (QED) is 0.681. The van der Waals surface area contributed by atoms with Crippen LogP contribution in [0.5, 0.6) is 0 Å². The van der Waals surface area contributed by atoms with Crippen molar-refractivity contribution in [1.29, 1.82) is 0 Å². The number of halogens is 2. The van der Waals surface area contributed by atoms with E-state index >= 15 is 0 Å². The van der Waals surface area contributed by atoms with Crippen LogP contribution in [0.15, 0.2) is 6.07 Å². The molecule has 0 unspecified atom stereocenters. The molecule has 0 saturated heterocycles. The van der Waals surface area contributed by atoms with E-state index in [-0.39, 0.29) is 0 Å². The second kappa shape index (κ2) is 4.15. The first kappa shape index (κ1) is 9.88. The van der Waals surface area contributed by atoms with Crippen LogP contribution in [-0.4, -0.2) is 0 Å². The molecule has 0 N–H and O–H groups in total. The summed E-state index contributed by atoms with van der Waals surface area (Å²) in [6.45, 7) is 4.13. The predicted molar refractivity (Wildman–Crippen MR) is 54.1 cm³/mol. The molecule has 0 aliphatic carbocycles. The zero-order valence-electron chi connectivity index (χ0n) is 7.25. The Morgan fingerprint density at radius 2 is 1.92 bits per heavy atom. The summed E-state index contributed by atoms with van der Waals surface area (Å²) in [7, 11) is 0. The zero-order valence-corrected chi connectivity index (χ0v) is 8.76. The van der Waals surface area contributed by atoms with Crippen LogP contribution in [0.2, 0.25) is 10.0 Å². The molecule has 0 amide bonds. The highest BCUT2D eigenvalue weighted by molar-refractivity contribution is 6.42. The van der Waals surface area contributed by atoms with Gasteiger partial charge in [-0.05, 0) is 36.1 Å². The van der Waals surface area contributed by atoms with Crippen LogP contribution in [-0.2, 0) is 12.8 Å². The zero-order chi connectivity index (χ0) is 9.14. The van der Waals surface area contributed by atoms with Gasteiger partial charge in [-0.15, -0.1) is 0 Å². The molecule has 2 heteroatoms. The minimum atomic E-state index is 0.643. The third-order valence-corrected chi connectivity index (χ3v) is 2.65. The van der Waals surface area contributed by atoms with E-state index < -0.39 is 0 Å². The Hall–Kier alpha value is -0.200. The summed E-state index contributed by atoms with van der Waals surface area (Å²) < 4.78 is 0. The minimum Gasteiger partial charge on any atom is -0.0827 e. The van der Waals surface area contributed by atoms with Crippen molar-refractivity contribution in [2.45, 2.75) is 26.7 Å². The number of benzene rings is 1. The van der Waals surface area contributed by atoms with Crippen LogP contribution < -0.4 is 0 Å². The highest BCUT2D eigenvalue weighted by Crippen LogP contribution is 2.27. The van der Waals surface area contributed by atoms with Crippen molar-refractivity contribution in [3.63, 3.8) is 0 Å². The van der Waals surface area contributed by atoms with Crippen LogP contribution in [0.4, 0.5) is 0 Å². The summed E-state index contributed by atoms with van der Waals surface area (Å²) in [5.74, 6) is 0. The summed E-state index contributed by atoms with van der Waals surface area (Å²) in [6, 6.07) is 5.11. The molecule has 0 aliphatic rings. The van der Waals surface area contributed by atoms with Crippen molar-refractivity contribution >= 4 is 23.2 Å². The first-order valence-corrected chi connectivity index (χ1v) is 4.83. The Labute approximate surface area is 83.5 Å². The maximum Gasteiger partial charge on any atom is 0.0630 e. The lowest BCUT2D eigenvalue weighted by atomic mass is 10.1. The van der Waals surface area contributed by atoms with Crippen LogP contribution in [0.25, 0.3) is 0 Å². The van der Waals surface area contributed by atoms with E-state index in [0.29, 0.717) is 10.0 Å². The van der Waals surface area contributed by atoms with E-state index in [4.69, 9.17) is 23.2 Å². The third kappa shape index (κ3) is 1.94. The standard InChI is InChI=1S/C10H11Cl2/c1-3-7-5-8(4-2)10(12)9(11)6-7/h6H,3-4H2,1-2H3. The predicted octanol–water partition coefficient (Wildman–Crippen LogP) is 3.92. The lowest BCUT2D eigenvalue weighted by Crippen LogP contribution is -1.88. The van der Waals surface area contributed by atoms with Gasteiger partial charge in [0.1, 0.15) is 0 Å². The molecule has 0 nitrogen and oxygen atoms in total. The highest BCUT2D eigenvalue weighted by atomic mass is 35.5. The fourth-order valence-electron chi connectivity index (χ4n) is 1.08. The normalized spacial score (nSPS) is 10.3. The summed E-state index contributed by atoms with van der Waals surface area (Å²) in [6.07, 6.45) is 1.83.